The van der Waals surface area contributed by atoms with Gasteiger partial charge in [0.1, 0.15) is 0 Å². The third-order valence-electron chi connectivity index (χ3n) is 4.28. The molecule has 146 valence electrons. The minimum Gasteiger partial charge on any atom is -0.481 e. The number of methoxy groups -OCH3 is 2. The van der Waals surface area contributed by atoms with Crippen LogP contribution >= 0.6 is 11.6 Å². The molecule has 1 heterocycles. The van der Waals surface area contributed by atoms with Crippen LogP contribution in [0.2, 0.25) is 5.02 Å². The molecule has 3 aromatic rings. The second-order valence-corrected chi connectivity index (χ2v) is 6.35. The van der Waals surface area contributed by atoms with Crippen molar-refractivity contribution in [2.45, 2.75) is 12.6 Å². The van der Waals surface area contributed by atoms with E-state index in [9.17, 15) is 18.0 Å². The van der Waals surface area contributed by atoms with Gasteiger partial charge >= 0.3 is 12.1 Å². The van der Waals surface area contributed by atoms with Crippen molar-refractivity contribution in [3.05, 3.63) is 69.7 Å². The van der Waals surface area contributed by atoms with E-state index in [4.69, 9.17) is 21.1 Å². The van der Waals surface area contributed by atoms with E-state index in [2.05, 4.69) is 4.98 Å². The van der Waals surface area contributed by atoms with E-state index in [-0.39, 0.29) is 28.5 Å². The molecular formula is C20H15ClF3NO3. The first-order chi connectivity index (χ1) is 13.3. The van der Waals surface area contributed by atoms with Crippen LogP contribution < -0.4 is 4.74 Å². The second-order valence-electron chi connectivity index (χ2n) is 5.97. The number of alkyl halides is 3. The standard InChI is InChI=1S/C20H15ClF3NO3/c1-27-18-14(9-11-5-3-4-6-15(11)20(22,23)24)17(21)13-10-12(19(26)28-2)7-8-16(13)25-18/h3-8,10H,9H2,1-2H3. The second kappa shape index (κ2) is 7.67. The van der Waals surface area contributed by atoms with Crippen molar-refractivity contribution in [2.75, 3.05) is 14.2 Å². The first kappa shape index (κ1) is 19.9. The number of carbonyl (C=O) groups is 1. The summed E-state index contributed by atoms with van der Waals surface area (Å²) < 4.78 is 50.0. The molecular weight excluding hydrogens is 395 g/mol. The highest BCUT2D eigenvalue weighted by Crippen LogP contribution is 2.38. The van der Waals surface area contributed by atoms with Gasteiger partial charge in [-0.1, -0.05) is 29.8 Å². The Morgan fingerprint density at radius 3 is 2.50 bits per heavy atom. The molecule has 2 aromatic carbocycles. The van der Waals surface area contributed by atoms with Crippen molar-refractivity contribution in [2.24, 2.45) is 0 Å². The monoisotopic (exact) mass is 409 g/mol. The third-order valence-corrected chi connectivity index (χ3v) is 4.71. The van der Waals surface area contributed by atoms with Crippen LogP contribution in [0.3, 0.4) is 0 Å². The summed E-state index contributed by atoms with van der Waals surface area (Å²) in [6.45, 7) is 0. The Labute approximate surface area is 163 Å². The fourth-order valence-electron chi connectivity index (χ4n) is 2.95. The van der Waals surface area contributed by atoms with E-state index in [0.717, 1.165) is 6.07 Å². The number of ether oxygens (including phenoxy) is 2. The zero-order chi connectivity index (χ0) is 20.5. The summed E-state index contributed by atoms with van der Waals surface area (Å²) in [6, 6.07) is 9.84. The lowest BCUT2D eigenvalue weighted by Gasteiger charge is -2.16. The molecule has 0 aliphatic rings. The summed E-state index contributed by atoms with van der Waals surface area (Å²) in [5, 5.41) is 0.592. The molecule has 0 spiro atoms. The van der Waals surface area contributed by atoms with Gasteiger partial charge in [-0.15, -0.1) is 0 Å². The molecule has 8 heteroatoms. The molecule has 0 aliphatic heterocycles. The van der Waals surface area contributed by atoms with Crippen LogP contribution in [0.1, 0.15) is 27.0 Å². The average Bonchev–Trinajstić information content (AvgIpc) is 2.68. The van der Waals surface area contributed by atoms with Gasteiger partial charge in [-0.2, -0.15) is 13.2 Å². The Kier molecular flexibility index (Phi) is 5.47. The molecule has 0 amide bonds. The molecule has 0 saturated carbocycles. The Hall–Kier alpha value is -2.80. The van der Waals surface area contributed by atoms with E-state index in [0.29, 0.717) is 16.5 Å². The molecule has 4 nitrogen and oxygen atoms in total. The molecule has 28 heavy (non-hydrogen) atoms. The van der Waals surface area contributed by atoms with E-state index in [1.54, 1.807) is 6.07 Å². The number of nitrogens with zero attached hydrogens (tertiary/aromatic N) is 1. The Balaban J connectivity index is 2.18. The van der Waals surface area contributed by atoms with Gasteiger partial charge in [-0.3, -0.25) is 0 Å². The lowest BCUT2D eigenvalue weighted by atomic mass is 9.98. The van der Waals surface area contributed by atoms with Crippen molar-refractivity contribution in [3.63, 3.8) is 0 Å². The van der Waals surface area contributed by atoms with Crippen LogP contribution in [0.5, 0.6) is 5.88 Å². The van der Waals surface area contributed by atoms with Crippen molar-refractivity contribution >= 4 is 28.5 Å². The first-order valence-electron chi connectivity index (χ1n) is 8.15. The number of pyridine rings is 1. The smallest absolute Gasteiger partial charge is 0.416 e. The van der Waals surface area contributed by atoms with Gasteiger partial charge in [0, 0.05) is 17.4 Å². The van der Waals surface area contributed by atoms with Gasteiger partial charge < -0.3 is 9.47 Å². The largest absolute Gasteiger partial charge is 0.481 e. The Morgan fingerprint density at radius 2 is 1.86 bits per heavy atom. The maximum atomic E-state index is 13.3. The molecule has 1 aromatic heterocycles. The summed E-state index contributed by atoms with van der Waals surface area (Å²) in [4.78, 5) is 16.1. The number of halogens is 4. The van der Waals surface area contributed by atoms with Gasteiger partial charge in [-0.05, 0) is 29.8 Å². The van der Waals surface area contributed by atoms with Crippen LogP contribution in [-0.2, 0) is 17.3 Å². The third kappa shape index (κ3) is 3.75. The lowest BCUT2D eigenvalue weighted by Crippen LogP contribution is -2.10. The Morgan fingerprint density at radius 1 is 1.14 bits per heavy atom. The minimum absolute atomic E-state index is 0.0421. The van der Waals surface area contributed by atoms with Gasteiger partial charge in [0.15, 0.2) is 0 Å². The highest BCUT2D eigenvalue weighted by atomic mass is 35.5. The molecule has 3 rings (SSSR count). The fraction of sp³-hybridized carbons (Fsp3) is 0.200. The molecule has 0 aliphatic carbocycles. The van der Waals surface area contributed by atoms with Crippen LogP contribution in [0, 0.1) is 0 Å². The summed E-state index contributed by atoms with van der Waals surface area (Å²) in [6.07, 6.45) is -4.64. The number of carbonyl (C=O) groups excluding carboxylic acids is 1. The van der Waals surface area contributed by atoms with Crippen molar-refractivity contribution in [3.8, 4) is 5.88 Å². The number of rotatable bonds is 4. The number of hydrogen-bond donors (Lipinski definition) is 0. The molecule has 0 radical (unpaired) electrons. The SMILES string of the molecule is COC(=O)c1ccc2nc(OC)c(Cc3ccccc3C(F)(F)F)c(Cl)c2c1. The van der Waals surface area contributed by atoms with Crippen molar-refractivity contribution < 1.29 is 27.4 Å². The Bertz CT molecular complexity index is 1050. The molecule has 0 bridgehead atoms. The average molecular weight is 410 g/mol. The maximum Gasteiger partial charge on any atom is 0.416 e. The predicted octanol–water partition coefficient (Wildman–Crippen LogP) is 5.29. The molecule has 0 atom stereocenters. The summed E-state index contributed by atoms with van der Waals surface area (Å²) >= 11 is 6.51. The molecule has 0 N–H and O–H groups in total. The molecule has 0 fully saturated rings. The normalized spacial score (nSPS) is 11.5. The first-order valence-corrected chi connectivity index (χ1v) is 8.53. The van der Waals surface area contributed by atoms with Gasteiger partial charge in [-0.25, -0.2) is 9.78 Å². The van der Waals surface area contributed by atoms with Gasteiger partial charge in [0.25, 0.3) is 0 Å². The van der Waals surface area contributed by atoms with Crippen LogP contribution in [0.15, 0.2) is 42.5 Å². The number of hydrogen-bond acceptors (Lipinski definition) is 4. The van der Waals surface area contributed by atoms with E-state index >= 15 is 0 Å². The maximum absolute atomic E-state index is 13.3. The minimum atomic E-state index is -4.50. The zero-order valence-electron chi connectivity index (χ0n) is 14.9. The predicted molar refractivity (Wildman–Crippen MR) is 98.9 cm³/mol. The fourth-order valence-corrected chi connectivity index (χ4v) is 3.25. The quantitative estimate of drug-likeness (QED) is 0.549. The van der Waals surface area contributed by atoms with Crippen molar-refractivity contribution in [1.82, 2.24) is 4.98 Å². The van der Waals surface area contributed by atoms with Crippen LogP contribution in [0.25, 0.3) is 10.9 Å². The number of benzene rings is 2. The van der Waals surface area contributed by atoms with Crippen molar-refractivity contribution in [1.29, 1.82) is 0 Å². The van der Waals surface area contributed by atoms with Crippen LogP contribution in [-0.4, -0.2) is 25.2 Å². The van der Waals surface area contributed by atoms with Gasteiger partial charge in [0.2, 0.25) is 5.88 Å². The topological polar surface area (TPSA) is 48.4 Å². The molecule has 0 saturated heterocycles. The van der Waals surface area contributed by atoms with E-state index < -0.39 is 17.7 Å². The van der Waals surface area contributed by atoms with E-state index in [1.165, 1.54) is 44.6 Å². The van der Waals surface area contributed by atoms with E-state index in [1.807, 2.05) is 0 Å². The zero-order valence-corrected chi connectivity index (χ0v) is 15.7. The number of fused-ring (bicyclic) bond motifs is 1. The van der Waals surface area contributed by atoms with Gasteiger partial charge in [0.05, 0.1) is 35.9 Å². The molecule has 0 unspecified atom stereocenters. The highest BCUT2D eigenvalue weighted by molar-refractivity contribution is 6.36. The summed E-state index contributed by atoms with van der Waals surface area (Å²) in [7, 11) is 2.62. The summed E-state index contributed by atoms with van der Waals surface area (Å²) in [5.41, 5.74) is 0.292. The highest BCUT2D eigenvalue weighted by Gasteiger charge is 2.33. The van der Waals surface area contributed by atoms with Crippen LogP contribution in [0.4, 0.5) is 13.2 Å². The number of aromatic nitrogens is 1. The summed E-state index contributed by atoms with van der Waals surface area (Å²) in [5.74, 6) is -0.432. The lowest BCUT2D eigenvalue weighted by molar-refractivity contribution is -0.138. The number of esters is 1.